The fourth-order valence-corrected chi connectivity index (χ4v) is 2.02. The monoisotopic (exact) mass is 279 g/mol. The minimum absolute atomic E-state index is 0.0405. The summed E-state index contributed by atoms with van der Waals surface area (Å²) in [6, 6.07) is 9.07. The Hall–Kier alpha value is -1.88. The Kier molecular flexibility index (Phi) is 6.73. The molecule has 0 fully saturated rings. The lowest BCUT2D eigenvalue weighted by Gasteiger charge is -2.20. The number of aryl methyl sites for hydroxylation is 1. The van der Waals surface area contributed by atoms with Crippen LogP contribution < -0.4 is 5.32 Å². The van der Waals surface area contributed by atoms with Crippen LogP contribution in [0, 0.1) is 0 Å². The molecule has 0 bridgehead atoms. The number of hydrogen-bond donors (Lipinski definition) is 3. The molecule has 1 aromatic carbocycles. The Balaban J connectivity index is 2.52. The highest BCUT2D eigenvalue weighted by Gasteiger charge is 2.17. The number of carboxylic acids is 2. The van der Waals surface area contributed by atoms with Gasteiger partial charge in [0, 0.05) is 12.5 Å². The number of carboxylic acid groups (broad SMARTS) is 2. The summed E-state index contributed by atoms with van der Waals surface area (Å²) in [7, 11) is 0. The fourth-order valence-electron chi connectivity index (χ4n) is 2.02. The van der Waals surface area contributed by atoms with Crippen LogP contribution in [0.3, 0.4) is 0 Å². The third kappa shape index (κ3) is 6.33. The lowest BCUT2D eigenvalue weighted by atomic mass is 10.0. The molecule has 0 aliphatic carbocycles. The predicted molar refractivity (Wildman–Crippen MR) is 75.7 cm³/mol. The molecule has 0 aliphatic heterocycles. The second-order valence-corrected chi connectivity index (χ2v) is 4.88. The van der Waals surface area contributed by atoms with Crippen molar-refractivity contribution in [1.82, 2.24) is 5.32 Å². The average molecular weight is 279 g/mol. The van der Waals surface area contributed by atoms with E-state index >= 15 is 0 Å². The van der Waals surface area contributed by atoms with E-state index in [1.165, 1.54) is 0 Å². The van der Waals surface area contributed by atoms with E-state index in [4.69, 9.17) is 10.2 Å². The van der Waals surface area contributed by atoms with Crippen LogP contribution in [-0.2, 0) is 16.0 Å². The van der Waals surface area contributed by atoms with Gasteiger partial charge < -0.3 is 15.5 Å². The first-order valence-electron chi connectivity index (χ1n) is 6.73. The Morgan fingerprint density at radius 1 is 1.15 bits per heavy atom. The second-order valence-electron chi connectivity index (χ2n) is 4.88. The molecule has 0 saturated carbocycles. The van der Waals surface area contributed by atoms with Crippen LogP contribution >= 0.6 is 0 Å². The van der Waals surface area contributed by atoms with Crippen molar-refractivity contribution < 1.29 is 19.8 Å². The zero-order valence-corrected chi connectivity index (χ0v) is 11.6. The molecule has 0 spiro atoms. The van der Waals surface area contributed by atoms with Gasteiger partial charge in [-0.05, 0) is 31.7 Å². The van der Waals surface area contributed by atoms with Gasteiger partial charge in [0.15, 0.2) is 0 Å². The van der Waals surface area contributed by atoms with E-state index in [9.17, 15) is 9.59 Å². The fraction of sp³-hybridized carbons (Fsp3) is 0.467. The van der Waals surface area contributed by atoms with Crippen molar-refractivity contribution in [2.75, 3.05) is 0 Å². The molecular weight excluding hydrogens is 258 g/mol. The summed E-state index contributed by atoms with van der Waals surface area (Å²) in [5.74, 6) is -1.79. The average Bonchev–Trinajstić information content (AvgIpc) is 2.42. The minimum atomic E-state index is -0.926. The van der Waals surface area contributed by atoms with Gasteiger partial charge in [-0.1, -0.05) is 30.3 Å². The van der Waals surface area contributed by atoms with Gasteiger partial charge >= 0.3 is 11.9 Å². The molecule has 1 aromatic rings. The number of rotatable bonds is 9. The van der Waals surface area contributed by atoms with Crippen LogP contribution in [0.5, 0.6) is 0 Å². The second kappa shape index (κ2) is 8.32. The molecule has 0 aromatic heterocycles. The van der Waals surface area contributed by atoms with Crippen LogP contribution in [0.15, 0.2) is 30.3 Å². The van der Waals surface area contributed by atoms with Gasteiger partial charge in [-0.3, -0.25) is 9.59 Å². The van der Waals surface area contributed by atoms with Gasteiger partial charge in [-0.2, -0.15) is 0 Å². The highest BCUT2D eigenvalue weighted by Crippen LogP contribution is 2.10. The van der Waals surface area contributed by atoms with Crippen molar-refractivity contribution >= 4 is 11.9 Å². The van der Waals surface area contributed by atoms with Gasteiger partial charge in [-0.25, -0.2) is 0 Å². The molecule has 0 heterocycles. The van der Waals surface area contributed by atoms with Gasteiger partial charge in [0.05, 0.1) is 0 Å². The molecule has 20 heavy (non-hydrogen) atoms. The molecule has 1 rings (SSSR count). The standard InChI is InChI=1S/C15H21NO4/c1-11(15(19)20)16-13(9-10-14(17)18)8-7-12-5-3-2-4-6-12/h2-6,11,13,16H,7-10H2,1H3,(H,17,18)(H,19,20). The summed E-state index contributed by atoms with van der Waals surface area (Å²) in [6.07, 6.45) is 1.98. The molecule has 5 heteroatoms. The van der Waals surface area contributed by atoms with Gasteiger partial charge in [0.1, 0.15) is 6.04 Å². The van der Waals surface area contributed by atoms with Crippen molar-refractivity contribution in [1.29, 1.82) is 0 Å². The van der Waals surface area contributed by atoms with Gasteiger partial charge in [0.2, 0.25) is 0 Å². The van der Waals surface area contributed by atoms with E-state index in [2.05, 4.69) is 5.32 Å². The molecule has 110 valence electrons. The highest BCUT2D eigenvalue weighted by molar-refractivity contribution is 5.72. The number of benzene rings is 1. The van der Waals surface area contributed by atoms with Crippen molar-refractivity contribution in [2.45, 2.75) is 44.7 Å². The van der Waals surface area contributed by atoms with Gasteiger partial charge in [0.25, 0.3) is 0 Å². The molecular formula is C15H21NO4. The first-order chi connectivity index (χ1) is 9.49. The van der Waals surface area contributed by atoms with Crippen LogP contribution in [0.4, 0.5) is 0 Å². The van der Waals surface area contributed by atoms with Crippen molar-refractivity contribution in [2.24, 2.45) is 0 Å². The van der Waals surface area contributed by atoms with Crippen molar-refractivity contribution in [3.8, 4) is 0 Å². The summed E-state index contributed by atoms with van der Waals surface area (Å²) < 4.78 is 0. The first kappa shape index (κ1) is 16.2. The van der Waals surface area contributed by atoms with E-state index in [1.54, 1.807) is 6.92 Å². The Morgan fingerprint density at radius 3 is 2.35 bits per heavy atom. The summed E-state index contributed by atoms with van der Waals surface area (Å²) in [5, 5.41) is 20.6. The molecule has 2 unspecified atom stereocenters. The van der Waals surface area contributed by atoms with Crippen LogP contribution in [0.1, 0.15) is 31.7 Å². The summed E-state index contributed by atoms with van der Waals surface area (Å²) in [4.78, 5) is 21.5. The molecule has 0 amide bonds. The first-order valence-corrected chi connectivity index (χ1v) is 6.73. The molecule has 2 atom stereocenters. The summed E-state index contributed by atoms with van der Waals surface area (Å²) >= 11 is 0. The highest BCUT2D eigenvalue weighted by atomic mass is 16.4. The number of carbonyl (C=O) groups is 2. The quantitative estimate of drug-likeness (QED) is 0.643. The maximum Gasteiger partial charge on any atom is 0.320 e. The van der Waals surface area contributed by atoms with E-state index in [1.807, 2.05) is 30.3 Å². The largest absolute Gasteiger partial charge is 0.481 e. The van der Waals surface area contributed by atoms with Crippen LogP contribution in [-0.4, -0.2) is 34.2 Å². The van der Waals surface area contributed by atoms with Crippen LogP contribution in [0.25, 0.3) is 0 Å². The number of nitrogens with one attached hydrogen (secondary N) is 1. The molecule has 0 saturated heterocycles. The molecule has 0 aliphatic rings. The molecule has 5 nitrogen and oxygen atoms in total. The van der Waals surface area contributed by atoms with Crippen molar-refractivity contribution in [3.05, 3.63) is 35.9 Å². The third-order valence-electron chi connectivity index (χ3n) is 3.19. The minimum Gasteiger partial charge on any atom is -0.481 e. The SMILES string of the molecule is CC(NC(CCC(=O)O)CCc1ccccc1)C(=O)O. The maximum absolute atomic E-state index is 10.9. The topological polar surface area (TPSA) is 86.6 Å². The Morgan fingerprint density at radius 2 is 1.80 bits per heavy atom. The summed E-state index contributed by atoms with van der Waals surface area (Å²) in [5.41, 5.74) is 1.16. The molecule has 3 N–H and O–H groups in total. The van der Waals surface area contributed by atoms with Gasteiger partial charge in [-0.15, -0.1) is 0 Å². The normalized spacial score (nSPS) is 13.7. The zero-order valence-electron chi connectivity index (χ0n) is 11.6. The van der Waals surface area contributed by atoms with E-state index < -0.39 is 18.0 Å². The maximum atomic E-state index is 10.9. The van der Waals surface area contributed by atoms with Crippen LogP contribution in [0.2, 0.25) is 0 Å². The van der Waals surface area contributed by atoms with E-state index in [-0.39, 0.29) is 12.5 Å². The summed E-state index contributed by atoms with van der Waals surface area (Å²) in [6.45, 7) is 1.57. The number of hydrogen-bond acceptors (Lipinski definition) is 3. The van der Waals surface area contributed by atoms with E-state index in [0.29, 0.717) is 6.42 Å². The third-order valence-corrected chi connectivity index (χ3v) is 3.19. The Bertz CT molecular complexity index is 433. The zero-order chi connectivity index (χ0) is 15.0. The lowest BCUT2D eigenvalue weighted by Crippen LogP contribution is -2.41. The predicted octanol–water partition coefficient (Wildman–Crippen LogP) is 1.92. The van der Waals surface area contributed by atoms with Crippen molar-refractivity contribution in [3.63, 3.8) is 0 Å². The van der Waals surface area contributed by atoms with E-state index in [0.717, 1.165) is 18.4 Å². The number of aliphatic carboxylic acids is 2. The Labute approximate surface area is 118 Å². The smallest absolute Gasteiger partial charge is 0.320 e. The molecule has 0 radical (unpaired) electrons. The lowest BCUT2D eigenvalue weighted by molar-refractivity contribution is -0.139.